The summed E-state index contributed by atoms with van der Waals surface area (Å²) in [5.74, 6) is 0. The van der Waals surface area contributed by atoms with Gasteiger partial charge < -0.3 is 33.2 Å². The molecule has 0 heterocycles. The molecule has 0 rings (SSSR count). The molecular formula is C25H51BrO7. The van der Waals surface area contributed by atoms with Crippen LogP contribution in [0.2, 0.25) is 0 Å². The molecule has 0 radical (unpaired) electrons. The molecule has 0 aromatic carbocycles. The number of alkyl halides is 1. The standard InChI is InChI=1S/C25H51BrO7/c1-27-14-15-29-18-19-31-22-23-33-25-24-32-21-20-30-17-16-28-13-11-9-7-5-3-2-4-6-8-10-12-26/h2-25H2,1H3/i2D2,3D2,4D2,5D2,6D2,7D2,8D2,9D2,10D2,11D2,12D2,13D2. The molecule has 0 bridgehead atoms. The van der Waals surface area contributed by atoms with Crippen molar-refractivity contribution in [3.63, 3.8) is 0 Å². The Morgan fingerprint density at radius 1 is 0.424 bits per heavy atom. The number of hydrogen-bond acceptors (Lipinski definition) is 7. The molecule has 0 saturated heterocycles. The van der Waals surface area contributed by atoms with Gasteiger partial charge in [0.25, 0.3) is 0 Å². The highest BCUT2D eigenvalue weighted by atomic mass is 79.9. The summed E-state index contributed by atoms with van der Waals surface area (Å²) in [5, 5.41) is -3.46. The highest BCUT2D eigenvalue weighted by Crippen LogP contribution is 2.11. The first kappa shape index (κ1) is 10.9. The van der Waals surface area contributed by atoms with E-state index in [0.29, 0.717) is 39.6 Å². The maximum atomic E-state index is 8.26. The Hall–Kier alpha value is 0.200. The van der Waals surface area contributed by atoms with Crippen LogP contribution in [-0.2, 0) is 33.2 Å². The molecule has 33 heavy (non-hydrogen) atoms. The van der Waals surface area contributed by atoms with E-state index in [9.17, 15) is 0 Å². The van der Waals surface area contributed by atoms with Crippen LogP contribution in [0.4, 0.5) is 0 Å². The SMILES string of the molecule is [2H]C([2H])(Br)C([2H])([2H])C([2H])([2H])C([2H])([2H])C([2H])([2H])C([2H])([2H])C([2H])([2H])C([2H])([2H])C([2H])([2H])C([2H])([2H])C([2H])([2H])C([2H])([2H])OCCOCCOCCOCCOCCOCCOC. The van der Waals surface area contributed by atoms with E-state index in [2.05, 4.69) is 15.9 Å². The van der Waals surface area contributed by atoms with Gasteiger partial charge in [0, 0.05) is 49.1 Å². The molecule has 0 saturated carbocycles. The molecular weight excluding hydrogens is 492 g/mol. The third kappa shape index (κ3) is 32.2. The first-order valence-corrected chi connectivity index (χ1v) is 10.8. The molecule has 0 N–H and O–H groups in total. The summed E-state index contributed by atoms with van der Waals surface area (Å²) in [7, 11) is 1.56. The fraction of sp³-hybridized carbons (Fsp3) is 1.00. The molecule has 0 aromatic rings. The van der Waals surface area contributed by atoms with E-state index >= 15 is 0 Å². The van der Waals surface area contributed by atoms with Gasteiger partial charge in [0.1, 0.15) is 0 Å². The molecule has 0 aromatic heterocycles. The zero-order valence-electron chi connectivity index (χ0n) is 42.7. The van der Waals surface area contributed by atoms with Crippen molar-refractivity contribution < 1.29 is 66.1 Å². The van der Waals surface area contributed by atoms with Crippen LogP contribution in [0.1, 0.15) is 96.6 Å². The fourth-order valence-corrected chi connectivity index (χ4v) is 1.71. The zero-order valence-corrected chi connectivity index (χ0v) is 20.3. The van der Waals surface area contributed by atoms with Gasteiger partial charge in [0.2, 0.25) is 0 Å². The predicted molar refractivity (Wildman–Crippen MR) is 137 cm³/mol. The van der Waals surface area contributed by atoms with Crippen LogP contribution in [-0.4, -0.2) is 98.2 Å². The average molecular weight is 568 g/mol. The maximum Gasteiger partial charge on any atom is 0.0701 e. The summed E-state index contributed by atoms with van der Waals surface area (Å²) in [6.07, 6.45) is -45.7. The van der Waals surface area contributed by atoms with Gasteiger partial charge in [-0.1, -0.05) is 66.9 Å². The number of methoxy groups -OCH3 is 1. The molecule has 0 aliphatic carbocycles. The van der Waals surface area contributed by atoms with Gasteiger partial charge >= 0.3 is 0 Å². The summed E-state index contributed by atoms with van der Waals surface area (Å²) in [6, 6.07) is 0. The monoisotopic (exact) mass is 566 g/mol. The minimum Gasteiger partial charge on any atom is -0.382 e. The van der Waals surface area contributed by atoms with E-state index in [1.807, 2.05) is 0 Å². The van der Waals surface area contributed by atoms with Crippen LogP contribution in [0.3, 0.4) is 0 Å². The van der Waals surface area contributed by atoms with Crippen LogP contribution in [0, 0.1) is 0 Å². The Kier molecular flexibility index (Phi) is 10.6. The van der Waals surface area contributed by atoms with Gasteiger partial charge in [0.15, 0.2) is 0 Å². The molecule has 7 nitrogen and oxygen atoms in total. The molecule has 0 fully saturated rings. The quantitative estimate of drug-likeness (QED) is 0.0891. The van der Waals surface area contributed by atoms with E-state index < -0.39 is 88.8 Å². The van der Waals surface area contributed by atoms with Gasteiger partial charge in [-0.05, 0) is 12.7 Å². The summed E-state index contributed by atoms with van der Waals surface area (Å²) in [4.78, 5) is 0. The van der Waals surface area contributed by atoms with Crippen molar-refractivity contribution in [1.82, 2.24) is 0 Å². The van der Waals surface area contributed by atoms with E-state index in [1.165, 1.54) is 0 Å². The van der Waals surface area contributed by atoms with Crippen molar-refractivity contribution in [3.05, 3.63) is 0 Å². The highest BCUT2D eigenvalue weighted by molar-refractivity contribution is 9.09. The lowest BCUT2D eigenvalue weighted by Crippen LogP contribution is -2.14. The smallest absolute Gasteiger partial charge is 0.0701 e. The first-order valence-electron chi connectivity index (χ1n) is 22.0. The number of ether oxygens (including phenoxy) is 7. The summed E-state index contributed by atoms with van der Waals surface area (Å²) in [5.41, 5.74) is 0. The lowest BCUT2D eigenvalue weighted by atomic mass is 10.1. The lowest BCUT2D eigenvalue weighted by molar-refractivity contribution is -0.0191. The Balaban J connectivity index is 5.64. The molecule has 0 unspecified atom stereocenters. The minimum atomic E-state index is -4.82. The lowest BCUT2D eigenvalue weighted by Gasteiger charge is -2.08. The van der Waals surface area contributed by atoms with Crippen LogP contribution in [0.25, 0.3) is 0 Å². The zero-order chi connectivity index (χ0) is 45.4. The highest BCUT2D eigenvalue weighted by Gasteiger charge is 1.96. The van der Waals surface area contributed by atoms with Gasteiger partial charge in [-0.25, -0.2) is 0 Å². The molecule has 0 amide bonds. The summed E-state index contributed by atoms with van der Waals surface area (Å²) in [6.45, 7) is -2.37. The topological polar surface area (TPSA) is 64.6 Å². The summed E-state index contributed by atoms with van der Waals surface area (Å²) < 4.78 is 230. The third-order valence-electron chi connectivity index (χ3n) is 2.98. The molecule has 0 spiro atoms. The van der Waals surface area contributed by atoms with Crippen molar-refractivity contribution in [3.8, 4) is 0 Å². The number of rotatable bonds is 30. The van der Waals surface area contributed by atoms with Crippen LogP contribution in [0.5, 0.6) is 0 Å². The summed E-state index contributed by atoms with van der Waals surface area (Å²) >= 11 is 2.16. The largest absolute Gasteiger partial charge is 0.382 e. The van der Waals surface area contributed by atoms with Crippen molar-refractivity contribution in [1.29, 1.82) is 0 Å². The second-order valence-corrected chi connectivity index (χ2v) is 5.75. The van der Waals surface area contributed by atoms with E-state index in [4.69, 9.17) is 66.1 Å². The van der Waals surface area contributed by atoms with Gasteiger partial charge in [0.05, 0.1) is 82.0 Å². The van der Waals surface area contributed by atoms with Gasteiger partial charge in [-0.3, -0.25) is 0 Å². The molecule has 8 heteroatoms. The van der Waals surface area contributed by atoms with Crippen LogP contribution >= 0.6 is 15.9 Å². The Labute approximate surface area is 245 Å². The third-order valence-corrected chi connectivity index (χ3v) is 3.18. The van der Waals surface area contributed by atoms with Crippen LogP contribution < -0.4 is 0 Å². The van der Waals surface area contributed by atoms with Crippen molar-refractivity contribution in [2.24, 2.45) is 0 Å². The Morgan fingerprint density at radius 3 is 1.09 bits per heavy atom. The van der Waals surface area contributed by atoms with Gasteiger partial charge in [-0.15, -0.1) is 0 Å². The van der Waals surface area contributed by atoms with Crippen molar-refractivity contribution >= 4 is 15.9 Å². The first-order chi connectivity index (χ1) is 25.3. The molecule has 200 valence electrons. The van der Waals surface area contributed by atoms with Crippen molar-refractivity contribution in [2.75, 3.05) is 98.2 Å². The minimum absolute atomic E-state index is 0.0304. The molecule has 0 atom stereocenters. The average Bonchev–Trinajstić information content (AvgIpc) is 3.06. The van der Waals surface area contributed by atoms with E-state index in [1.54, 1.807) is 7.11 Å². The fourth-order valence-electron chi connectivity index (χ4n) is 1.61. The second kappa shape index (κ2) is 32.2. The molecule has 0 aliphatic rings. The maximum absolute atomic E-state index is 8.26. The molecule has 0 aliphatic heterocycles. The normalized spacial score (nSPS) is 27.5. The van der Waals surface area contributed by atoms with Crippen LogP contribution in [0.15, 0.2) is 0 Å². The van der Waals surface area contributed by atoms with Crippen molar-refractivity contribution in [2.45, 2.75) is 63.7 Å². The number of halogens is 1. The predicted octanol–water partition coefficient (Wildman–Crippen LogP) is 5.03. The van der Waals surface area contributed by atoms with E-state index in [-0.39, 0.29) is 26.4 Å². The van der Waals surface area contributed by atoms with Gasteiger partial charge in [-0.2, -0.15) is 0 Å². The Bertz CT molecular complexity index is 1220. The Morgan fingerprint density at radius 2 is 0.727 bits per heavy atom. The van der Waals surface area contributed by atoms with E-state index in [0.717, 1.165) is 0 Å². The number of hydrogen-bond donors (Lipinski definition) is 0. The second-order valence-electron chi connectivity index (χ2n) is 5.35.